The molecule has 0 aromatic rings. The first kappa shape index (κ1) is 17.2. The Labute approximate surface area is 131 Å². The van der Waals surface area contributed by atoms with Gasteiger partial charge in [-0.05, 0) is 38.0 Å². The van der Waals surface area contributed by atoms with Crippen molar-refractivity contribution < 1.29 is 4.74 Å². The molecule has 124 valence electrons. The van der Waals surface area contributed by atoms with Crippen molar-refractivity contribution in [1.29, 1.82) is 0 Å². The van der Waals surface area contributed by atoms with Crippen LogP contribution >= 0.6 is 0 Å². The third kappa shape index (κ3) is 4.00. The molecule has 2 aliphatic rings. The van der Waals surface area contributed by atoms with E-state index in [4.69, 9.17) is 4.74 Å². The maximum absolute atomic E-state index is 5.83. The summed E-state index contributed by atoms with van der Waals surface area (Å²) in [5, 5.41) is 3.85. The molecule has 21 heavy (non-hydrogen) atoms. The lowest BCUT2D eigenvalue weighted by Crippen LogP contribution is -2.65. The summed E-state index contributed by atoms with van der Waals surface area (Å²) in [4.78, 5) is 2.79. The van der Waals surface area contributed by atoms with Gasteiger partial charge >= 0.3 is 0 Å². The SMILES string of the molecule is CCC(C)C1CN(CCC2CCCO2)C(CC)(CC)CN1. The van der Waals surface area contributed by atoms with Crippen molar-refractivity contribution in [2.45, 2.75) is 83.9 Å². The number of hydrogen-bond donors (Lipinski definition) is 1. The van der Waals surface area contributed by atoms with E-state index in [0.717, 1.165) is 19.1 Å². The van der Waals surface area contributed by atoms with E-state index >= 15 is 0 Å². The van der Waals surface area contributed by atoms with Crippen LogP contribution in [0, 0.1) is 5.92 Å². The number of ether oxygens (including phenoxy) is 1. The Hall–Kier alpha value is -0.120. The number of hydrogen-bond acceptors (Lipinski definition) is 3. The van der Waals surface area contributed by atoms with Gasteiger partial charge in [0.2, 0.25) is 0 Å². The Bertz CT molecular complexity index is 298. The fourth-order valence-electron chi connectivity index (χ4n) is 4.04. The summed E-state index contributed by atoms with van der Waals surface area (Å²) in [5.41, 5.74) is 0.364. The van der Waals surface area contributed by atoms with E-state index in [2.05, 4.69) is 37.9 Å². The first-order valence-corrected chi connectivity index (χ1v) is 9.25. The molecular weight excluding hydrogens is 260 g/mol. The summed E-state index contributed by atoms with van der Waals surface area (Å²) in [5.74, 6) is 0.766. The molecule has 2 aliphatic heterocycles. The lowest BCUT2D eigenvalue weighted by Gasteiger charge is -2.51. The molecule has 3 atom stereocenters. The van der Waals surface area contributed by atoms with Crippen LogP contribution in [-0.4, -0.2) is 48.8 Å². The lowest BCUT2D eigenvalue weighted by atomic mass is 9.84. The first-order chi connectivity index (χ1) is 10.1. The molecule has 2 saturated heterocycles. The minimum absolute atomic E-state index is 0.364. The lowest BCUT2D eigenvalue weighted by molar-refractivity contribution is 0.00558. The van der Waals surface area contributed by atoms with Crippen LogP contribution in [0.25, 0.3) is 0 Å². The van der Waals surface area contributed by atoms with Gasteiger partial charge in [0.25, 0.3) is 0 Å². The van der Waals surface area contributed by atoms with Gasteiger partial charge in [-0.15, -0.1) is 0 Å². The Morgan fingerprint density at radius 3 is 2.62 bits per heavy atom. The average Bonchev–Trinajstić information content (AvgIpc) is 3.05. The second-order valence-corrected chi connectivity index (χ2v) is 7.17. The van der Waals surface area contributed by atoms with E-state index in [1.54, 1.807) is 0 Å². The van der Waals surface area contributed by atoms with Crippen LogP contribution in [0.1, 0.15) is 66.2 Å². The average molecular weight is 296 g/mol. The van der Waals surface area contributed by atoms with Gasteiger partial charge in [0.05, 0.1) is 6.10 Å². The van der Waals surface area contributed by atoms with Crippen molar-refractivity contribution >= 4 is 0 Å². The molecule has 0 aromatic heterocycles. The van der Waals surface area contributed by atoms with E-state index in [9.17, 15) is 0 Å². The molecule has 0 spiro atoms. The number of piperazine rings is 1. The van der Waals surface area contributed by atoms with Gasteiger partial charge in [0.1, 0.15) is 0 Å². The summed E-state index contributed by atoms with van der Waals surface area (Å²) >= 11 is 0. The maximum Gasteiger partial charge on any atom is 0.0588 e. The molecule has 2 fully saturated rings. The van der Waals surface area contributed by atoms with E-state index in [-0.39, 0.29) is 0 Å². The van der Waals surface area contributed by atoms with Crippen LogP contribution in [0.4, 0.5) is 0 Å². The van der Waals surface area contributed by atoms with Crippen LogP contribution in [0.3, 0.4) is 0 Å². The molecule has 0 amide bonds. The number of nitrogens with zero attached hydrogens (tertiary/aromatic N) is 1. The number of nitrogens with one attached hydrogen (secondary N) is 1. The third-order valence-corrected chi connectivity index (χ3v) is 6.17. The van der Waals surface area contributed by atoms with Crippen molar-refractivity contribution in [3.63, 3.8) is 0 Å². The Balaban J connectivity index is 1.97. The minimum Gasteiger partial charge on any atom is -0.378 e. The smallest absolute Gasteiger partial charge is 0.0588 e. The van der Waals surface area contributed by atoms with Gasteiger partial charge in [-0.1, -0.05) is 34.1 Å². The molecular formula is C18H36N2O. The first-order valence-electron chi connectivity index (χ1n) is 9.25. The van der Waals surface area contributed by atoms with E-state index in [1.165, 1.54) is 51.6 Å². The van der Waals surface area contributed by atoms with E-state index in [0.29, 0.717) is 17.7 Å². The minimum atomic E-state index is 0.364. The summed E-state index contributed by atoms with van der Waals surface area (Å²) < 4.78 is 5.83. The molecule has 3 heteroatoms. The highest BCUT2D eigenvalue weighted by molar-refractivity contribution is 4.98. The second kappa shape index (κ2) is 7.94. The summed E-state index contributed by atoms with van der Waals surface area (Å²) in [6.07, 6.45) is 8.02. The molecule has 0 bridgehead atoms. The molecule has 3 nitrogen and oxygen atoms in total. The highest BCUT2D eigenvalue weighted by atomic mass is 16.5. The Morgan fingerprint density at radius 2 is 2.05 bits per heavy atom. The van der Waals surface area contributed by atoms with E-state index in [1.807, 2.05) is 0 Å². The van der Waals surface area contributed by atoms with Crippen molar-refractivity contribution in [2.75, 3.05) is 26.2 Å². The Kier molecular flexibility index (Phi) is 6.51. The van der Waals surface area contributed by atoms with Crippen LogP contribution < -0.4 is 5.32 Å². The molecule has 2 rings (SSSR count). The molecule has 0 radical (unpaired) electrons. The van der Waals surface area contributed by atoms with Crippen molar-refractivity contribution in [3.8, 4) is 0 Å². The molecule has 0 saturated carbocycles. The predicted molar refractivity (Wildman–Crippen MR) is 89.7 cm³/mol. The zero-order valence-corrected chi connectivity index (χ0v) is 14.7. The third-order valence-electron chi connectivity index (χ3n) is 6.17. The largest absolute Gasteiger partial charge is 0.378 e. The molecule has 1 N–H and O–H groups in total. The highest BCUT2D eigenvalue weighted by Gasteiger charge is 2.39. The fraction of sp³-hybridized carbons (Fsp3) is 1.00. The van der Waals surface area contributed by atoms with Gasteiger partial charge in [0, 0.05) is 37.8 Å². The summed E-state index contributed by atoms with van der Waals surface area (Å²) in [6.45, 7) is 14.0. The quantitative estimate of drug-likeness (QED) is 0.779. The monoisotopic (exact) mass is 296 g/mol. The summed E-state index contributed by atoms with van der Waals surface area (Å²) in [6, 6.07) is 0.658. The van der Waals surface area contributed by atoms with Crippen molar-refractivity contribution in [1.82, 2.24) is 10.2 Å². The standard InChI is InChI=1S/C18H36N2O/c1-5-15(4)17-13-20(11-10-16-9-8-12-21-16)18(6-2,7-3)14-19-17/h15-17,19H,5-14H2,1-4H3. The summed E-state index contributed by atoms with van der Waals surface area (Å²) in [7, 11) is 0. The van der Waals surface area contributed by atoms with Crippen LogP contribution in [0.2, 0.25) is 0 Å². The van der Waals surface area contributed by atoms with Crippen LogP contribution in [0.5, 0.6) is 0 Å². The van der Waals surface area contributed by atoms with Crippen LogP contribution in [-0.2, 0) is 4.74 Å². The van der Waals surface area contributed by atoms with Gasteiger partial charge in [-0.3, -0.25) is 4.90 Å². The highest BCUT2D eigenvalue weighted by Crippen LogP contribution is 2.30. The van der Waals surface area contributed by atoms with Gasteiger partial charge in [0.15, 0.2) is 0 Å². The van der Waals surface area contributed by atoms with Crippen LogP contribution in [0.15, 0.2) is 0 Å². The molecule has 2 heterocycles. The van der Waals surface area contributed by atoms with Crippen molar-refractivity contribution in [3.05, 3.63) is 0 Å². The molecule has 3 unspecified atom stereocenters. The fourth-order valence-corrected chi connectivity index (χ4v) is 4.04. The van der Waals surface area contributed by atoms with Crippen molar-refractivity contribution in [2.24, 2.45) is 5.92 Å². The second-order valence-electron chi connectivity index (χ2n) is 7.17. The number of rotatable bonds is 7. The normalized spacial score (nSPS) is 31.4. The zero-order valence-electron chi connectivity index (χ0n) is 14.7. The van der Waals surface area contributed by atoms with Gasteiger partial charge < -0.3 is 10.1 Å². The maximum atomic E-state index is 5.83. The van der Waals surface area contributed by atoms with Gasteiger partial charge in [-0.2, -0.15) is 0 Å². The van der Waals surface area contributed by atoms with Gasteiger partial charge in [-0.25, -0.2) is 0 Å². The predicted octanol–water partition coefficient (Wildman–Crippen LogP) is 3.43. The van der Waals surface area contributed by atoms with E-state index < -0.39 is 0 Å². The molecule has 0 aromatic carbocycles. The topological polar surface area (TPSA) is 24.5 Å². The Morgan fingerprint density at radius 1 is 1.29 bits per heavy atom. The zero-order chi connectivity index (χ0) is 15.3. The molecule has 0 aliphatic carbocycles.